The van der Waals surface area contributed by atoms with Crippen molar-refractivity contribution in [1.29, 1.82) is 0 Å². The Balaban J connectivity index is 1.62. The van der Waals surface area contributed by atoms with E-state index in [1.165, 1.54) is 38.3 Å². The van der Waals surface area contributed by atoms with E-state index < -0.39 is 0 Å². The Morgan fingerprint density at radius 3 is 2.60 bits per heavy atom. The minimum absolute atomic E-state index is 0.0747. The van der Waals surface area contributed by atoms with Gasteiger partial charge in [0.15, 0.2) is 5.75 Å². The molecule has 3 heterocycles. The Labute approximate surface area is 118 Å². The van der Waals surface area contributed by atoms with Crippen molar-refractivity contribution in [2.45, 2.75) is 25.3 Å². The lowest BCUT2D eigenvalue weighted by Crippen LogP contribution is -2.37. The molecule has 1 atom stereocenters. The number of nitrogens with zero attached hydrogens (tertiary/aromatic N) is 4. The summed E-state index contributed by atoms with van der Waals surface area (Å²) in [5.74, 6) is 0.750. The van der Waals surface area contributed by atoms with Crippen molar-refractivity contribution in [1.82, 2.24) is 19.8 Å². The van der Waals surface area contributed by atoms with Gasteiger partial charge in [-0.05, 0) is 32.4 Å². The van der Waals surface area contributed by atoms with Crippen molar-refractivity contribution in [3.8, 4) is 5.75 Å². The molecule has 0 radical (unpaired) electrons. The van der Waals surface area contributed by atoms with E-state index in [1.54, 1.807) is 7.11 Å². The second-order valence-electron chi connectivity index (χ2n) is 5.38. The highest BCUT2D eigenvalue weighted by Gasteiger charge is 2.32. The lowest BCUT2D eigenvalue weighted by atomic mass is 10.2. The van der Waals surface area contributed by atoms with Gasteiger partial charge in [-0.25, -0.2) is 9.97 Å². The molecular formula is C14H20N4O2. The second-order valence-corrected chi connectivity index (χ2v) is 5.38. The number of likely N-dealkylation sites (tertiary alicyclic amines) is 2. The maximum absolute atomic E-state index is 12.3. The monoisotopic (exact) mass is 276 g/mol. The maximum Gasteiger partial charge on any atom is 0.291 e. The van der Waals surface area contributed by atoms with Crippen molar-refractivity contribution in [2.24, 2.45) is 0 Å². The number of hydrogen-bond acceptors (Lipinski definition) is 5. The molecule has 0 saturated carbocycles. The van der Waals surface area contributed by atoms with Gasteiger partial charge in [0, 0.05) is 19.1 Å². The number of amides is 1. The number of hydrogen-bond donors (Lipinski definition) is 0. The Kier molecular flexibility index (Phi) is 3.82. The van der Waals surface area contributed by atoms with E-state index in [1.807, 2.05) is 4.90 Å². The van der Waals surface area contributed by atoms with E-state index in [0.29, 0.717) is 11.8 Å². The van der Waals surface area contributed by atoms with Gasteiger partial charge < -0.3 is 9.64 Å². The molecule has 0 bridgehead atoms. The predicted molar refractivity (Wildman–Crippen MR) is 73.7 cm³/mol. The molecule has 0 aliphatic carbocycles. The van der Waals surface area contributed by atoms with Crippen LogP contribution in [0.1, 0.15) is 29.9 Å². The molecule has 1 aromatic rings. The van der Waals surface area contributed by atoms with Gasteiger partial charge in [0.1, 0.15) is 0 Å². The summed E-state index contributed by atoms with van der Waals surface area (Å²) in [6, 6.07) is 0.514. The van der Waals surface area contributed by atoms with Crippen LogP contribution < -0.4 is 4.74 Å². The van der Waals surface area contributed by atoms with Gasteiger partial charge in [0.25, 0.3) is 5.91 Å². The van der Waals surface area contributed by atoms with E-state index in [9.17, 15) is 4.79 Å². The van der Waals surface area contributed by atoms with Gasteiger partial charge in [0.2, 0.25) is 5.82 Å². The van der Waals surface area contributed by atoms with Crippen molar-refractivity contribution in [3.05, 3.63) is 18.2 Å². The van der Waals surface area contributed by atoms with Gasteiger partial charge in [-0.3, -0.25) is 9.69 Å². The number of carbonyl (C=O) groups excluding carboxylic acids is 1. The highest BCUT2D eigenvalue weighted by molar-refractivity contribution is 5.90. The van der Waals surface area contributed by atoms with Crippen molar-refractivity contribution >= 4 is 5.91 Å². The number of rotatable bonds is 3. The summed E-state index contributed by atoms with van der Waals surface area (Å²) in [7, 11) is 1.56. The lowest BCUT2D eigenvalue weighted by molar-refractivity contribution is 0.0767. The summed E-state index contributed by atoms with van der Waals surface area (Å²) in [5.41, 5.74) is 0. The van der Waals surface area contributed by atoms with Crippen molar-refractivity contribution < 1.29 is 9.53 Å². The van der Waals surface area contributed by atoms with Gasteiger partial charge in [0.05, 0.1) is 19.5 Å². The first kappa shape index (κ1) is 13.3. The third-order valence-electron chi connectivity index (χ3n) is 4.16. The fourth-order valence-electron chi connectivity index (χ4n) is 3.00. The van der Waals surface area contributed by atoms with E-state index in [4.69, 9.17) is 4.74 Å². The Morgan fingerprint density at radius 2 is 1.95 bits per heavy atom. The first-order valence-corrected chi connectivity index (χ1v) is 7.17. The molecule has 108 valence electrons. The molecule has 0 spiro atoms. The number of aromatic nitrogens is 2. The Bertz CT molecular complexity index is 471. The van der Waals surface area contributed by atoms with Gasteiger partial charge in [-0.1, -0.05) is 0 Å². The molecule has 3 rings (SSSR count). The quantitative estimate of drug-likeness (QED) is 0.817. The van der Waals surface area contributed by atoms with Crippen LogP contribution in [0, 0.1) is 0 Å². The smallest absolute Gasteiger partial charge is 0.291 e. The largest absolute Gasteiger partial charge is 0.494 e. The average molecular weight is 276 g/mol. The zero-order chi connectivity index (χ0) is 13.9. The standard InChI is InChI=1S/C14H20N4O2/c1-20-12-8-15-13(16-9-12)14(19)18-7-4-11(10-18)17-5-2-3-6-17/h8-9,11H,2-7,10H2,1H3. The minimum Gasteiger partial charge on any atom is -0.494 e. The molecule has 1 amide bonds. The van der Waals surface area contributed by atoms with Gasteiger partial charge in [-0.15, -0.1) is 0 Å². The van der Waals surface area contributed by atoms with Gasteiger partial charge >= 0.3 is 0 Å². The molecule has 1 aromatic heterocycles. The fraction of sp³-hybridized carbons (Fsp3) is 0.643. The molecule has 20 heavy (non-hydrogen) atoms. The molecule has 2 aliphatic rings. The zero-order valence-corrected chi connectivity index (χ0v) is 11.8. The van der Waals surface area contributed by atoms with E-state index in [-0.39, 0.29) is 11.7 Å². The summed E-state index contributed by atoms with van der Waals surface area (Å²) in [6.07, 6.45) is 6.70. The molecule has 1 unspecified atom stereocenters. The summed E-state index contributed by atoms with van der Waals surface area (Å²) < 4.78 is 5.00. The van der Waals surface area contributed by atoms with E-state index >= 15 is 0 Å². The topological polar surface area (TPSA) is 58.6 Å². The van der Waals surface area contributed by atoms with Crippen LogP contribution in [0.3, 0.4) is 0 Å². The van der Waals surface area contributed by atoms with Crippen LogP contribution in [0.15, 0.2) is 12.4 Å². The molecule has 2 fully saturated rings. The Morgan fingerprint density at radius 1 is 1.25 bits per heavy atom. The highest BCUT2D eigenvalue weighted by atomic mass is 16.5. The summed E-state index contributed by atoms with van der Waals surface area (Å²) >= 11 is 0. The summed E-state index contributed by atoms with van der Waals surface area (Å²) in [5, 5.41) is 0. The van der Waals surface area contributed by atoms with Crippen LogP contribution in [0.4, 0.5) is 0 Å². The molecule has 6 heteroatoms. The van der Waals surface area contributed by atoms with Crippen LogP contribution >= 0.6 is 0 Å². The molecule has 0 N–H and O–H groups in total. The molecule has 0 aromatic carbocycles. The van der Waals surface area contributed by atoms with Crippen LogP contribution in [-0.2, 0) is 0 Å². The summed E-state index contributed by atoms with van der Waals surface area (Å²) in [4.78, 5) is 24.9. The Hall–Kier alpha value is -1.69. The first-order valence-electron chi connectivity index (χ1n) is 7.17. The molecule has 6 nitrogen and oxygen atoms in total. The van der Waals surface area contributed by atoms with Gasteiger partial charge in [-0.2, -0.15) is 0 Å². The first-order chi connectivity index (χ1) is 9.78. The van der Waals surface area contributed by atoms with E-state index in [2.05, 4.69) is 14.9 Å². The average Bonchev–Trinajstić information content (AvgIpc) is 3.17. The SMILES string of the molecule is COc1cnc(C(=O)N2CCC(N3CCCC3)C2)nc1. The lowest BCUT2D eigenvalue weighted by Gasteiger charge is -2.23. The van der Waals surface area contributed by atoms with Crippen LogP contribution in [0.2, 0.25) is 0 Å². The third kappa shape index (κ3) is 2.60. The van der Waals surface area contributed by atoms with Crippen molar-refractivity contribution in [3.63, 3.8) is 0 Å². The summed E-state index contributed by atoms with van der Waals surface area (Å²) in [6.45, 7) is 3.95. The third-order valence-corrected chi connectivity index (χ3v) is 4.16. The fourth-order valence-corrected chi connectivity index (χ4v) is 3.00. The highest BCUT2D eigenvalue weighted by Crippen LogP contribution is 2.21. The van der Waals surface area contributed by atoms with Crippen LogP contribution in [0.5, 0.6) is 5.75 Å². The van der Waals surface area contributed by atoms with E-state index in [0.717, 1.165) is 19.5 Å². The molecule has 2 aliphatic heterocycles. The van der Waals surface area contributed by atoms with Crippen LogP contribution in [0.25, 0.3) is 0 Å². The van der Waals surface area contributed by atoms with Crippen molar-refractivity contribution in [2.75, 3.05) is 33.3 Å². The molecular weight excluding hydrogens is 256 g/mol. The normalized spacial score (nSPS) is 23.2. The maximum atomic E-state index is 12.3. The molecule has 2 saturated heterocycles. The zero-order valence-electron chi connectivity index (χ0n) is 11.8. The minimum atomic E-state index is -0.0747. The number of ether oxygens (including phenoxy) is 1. The number of carbonyl (C=O) groups is 1. The van der Waals surface area contributed by atoms with Crippen LogP contribution in [-0.4, -0.2) is 65.0 Å². The second kappa shape index (κ2) is 5.75. The number of methoxy groups -OCH3 is 1. The predicted octanol–water partition coefficient (Wildman–Crippen LogP) is 0.795.